The lowest BCUT2D eigenvalue weighted by atomic mass is 10.2. The van der Waals surface area contributed by atoms with Gasteiger partial charge in [0, 0.05) is 11.1 Å². The topological polar surface area (TPSA) is 59.1 Å². The van der Waals surface area contributed by atoms with Crippen molar-refractivity contribution in [2.75, 3.05) is 11.0 Å². The van der Waals surface area contributed by atoms with Crippen LogP contribution in [0, 0.1) is 6.92 Å². The number of fused-ring (bicyclic) bond motifs is 1. The fourth-order valence-electron chi connectivity index (χ4n) is 1.59. The van der Waals surface area contributed by atoms with Crippen LogP contribution in [0.3, 0.4) is 0 Å². The highest BCUT2D eigenvalue weighted by Crippen LogP contribution is 2.23. The first kappa shape index (κ1) is 10.9. The zero-order chi connectivity index (χ0) is 11.8. The number of aromatic nitrogens is 1. The van der Waals surface area contributed by atoms with E-state index in [1.807, 2.05) is 31.2 Å². The summed E-state index contributed by atoms with van der Waals surface area (Å²) in [7, 11) is -3.26. The minimum Gasteiger partial charge on any atom is -0.283 e. The number of aryl methyl sites for hydroxylation is 1. The third-order valence-electron chi connectivity index (χ3n) is 2.14. The van der Waals surface area contributed by atoms with Crippen LogP contribution in [0.5, 0.6) is 0 Å². The van der Waals surface area contributed by atoms with E-state index in [-0.39, 0.29) is 0 Å². The molecule has 0 saturated heterocycles. The second-order valence-electron chi connectivity index (χ2n) is 3.70. The van der Waals surface area contributed by atoms with Crippen LogP contribution in [0.4, 0.5) is 5.69 Å². The van der Waals surface area contributed by atoms with E-state index in [0.29, 0.717) is 5.69 Å². The first-order valence-corrected chi connectivity index (χ1v) is 6.69. The minimum absolute atomic E-state index is 0.575. The zero-order valence-electron chi connectivity index (χ0n) is 9.06. The zero-order valence-corrected chi connectivity index (χ0v) is 9.88. The number of nitrogens with one attached hydrogen (secondary N) is 1. The van der Waals surface area contributed by atoms with E-state index in [9.17, 15) is 8.42 Å². The molecular formula is C11H12N2O2S. The van der Waals surface area contributed by atoms with Crippen LogP contribution in [0.1, 0.15) is 5.69 Å². The highest BCUT2D eigenvalue weighted by atomic mass is 32.2. The molecule has 16 heavy (non-hydrogen) atoms. The summed E-state index contributed by atoms with van der Waals surface area (Å²) in [6.45, 7) is 1.83. The minimum atomic E-state index is -3.26. The maximum Gasteiger partial charge on any atom is 0.229 e. The van der Waals surface area contributed by atoms with Gasteiger partial charge in [-0.3, -0.25) is 9.71 Å². The Morgan fingerprint density at radius 2 is 1.94 bits per heavy atom. The first-order valence-electron chi connectivity index (χ1n) is 4.80. The highest BCUT2D eigenvalue weighted by Gasteiger charge is 2.07. The van der Waals surface area contributed by atoms with Crippen LogP contribution in [-0.4, -0.2) is 19.7 Å². The summed E-state index contributed by atoms with van der Waals surface area (Å²) in [6.07, 6.45) is 1.14. The monoisotopic (exact) mass is 236 g/mol. The van der Waals surface area contributed by atoms with Gasteiger partial charge in [-0.15, -0.1) is 0 Å². The van der Waals surface area contributed by atoms with Crippen LogP contribution in [-0.2, 0) is 10.0 Å². The van der Waals surface area contributed by atoms with Crippen LogP contribution >= 0.6 is 0 Å². The Morgan fingerprint density at radius 3 is 2.62 bits per heavy atom. The lowest BCUT2D eigenvalue weighted by molar-refractivity contribution is 0.607. The number of hydrogen-bond acceptors (Lipinski definition) is 3. The molecule has 0 radical (unpaired) electrons. The van der Waals surface area contributed by atoms with E-state index in [1.165, 1.54) is 0 Å². The predicted molar refractivity (Wildman–Crippen MR) is 64.9 cm³/mol. The molecule has 0 aliphatic carbocycles. The van der Waals surface area contributed by atoms with Crippen molar-refractivity contribution in [1.29, 1.82) is 0 Å². The lowest BCUT2D eigenvalue weighted by Gasteiger charge is -2.08. The van der Waals surface area contributed by atoms with Crippen LogP contribution in [0.25, 0.3) is 10.9 Å². The van der Waals surface area contributed by atoms with Gasteiger partial charge >= 0.3 is 0 Å². The number of para-hydroxylation sites is 1. The van der Waals surface area contributed by atoms with Gasteiger partial charge in [0.15, 0.2) is 0 Å². The number of rotatable bonds is 2. The summed E-state index contributed by atoms with van der Waals surface area (Å²) in [6, 6.07) is 9.15. The van der Waals surface area contributed by atoms with Crippen molar-refractivity contribution in [3.8, 4) is 0 Å². The number of benzene rings is 1. The molecule has 1 aromatic carbocycles. The highest BCUT2D eigenvalue weighted by molar-refractivity contribution is 7.92. The second kappa shape index (κ2) is 3.75. The molecule has 5 heteroatoms. The quantitative estimate of drug-likeness (QED) is 0.866. The SMILES string of the molecule is Cc1cc(NS(C)(=O)=O)c2ccccc2n1. The van der Waals surface area contributed by atoms with Crippen LogP contribution < -0.4 is 4.72 Å². The number of pyridine rings is 1. The summed E-state index contributed by atoms with van der Waals surface area (Å²) in [4.78, 5) is 4.33. The van der Waals surface area contributed by atoms with E-state index < -0.39 is 10.0 Å². The molecule has 1 heterocycles. The van der Waals surface area contributed by atoms with E-state index >= 15 is 0 Å². The predicted octanol–water partition coefficient (Wildman–Crippen LogP) is 1.91. The molecule has 0 bridgehead atoms. The molecule has 0 fully saturated rings. The normalized spacial score (nSPS) is 11.6. The summed E-state index contributed by atoms with van der Waals surface area (Å²) in [5, 5.41) is 0.804. The van der Waals surface area contributed by atoms with Gasteiger partial charge < -0.3 is 0 Å². The Kier molecular flexibility index (Phi) is 2.55. The Bertz CT molecular complexity index is 635. The van der Waals surface area contributed by atoms with Crippen LogP contribution in [0.15, 0.2) is 30.3 Å². The van der Waals surface area contributed by atoms with Gasteiger partial charge in [-0.1, -0.05) is 18.2 Å². The summed E-state index contributed by atoms with van der Waals surface area (Å²) in [5.74, 6) is 0. The standard InChI is InChI=1S/C11H12N2O2S/c1-8-7-11(13-16(2,14)15)9-5-3-4-6-10(9)12-8/h3-7H,1-2H3,(H,12,13). The van der Waals surface area contributed by atoms with Gasteiger partial charge in [0.25, 0.3) is 0 Å². The number of nitrogens with zero attached hydrogens (tertiary/aromatic N) is 1. The van der Waals surface area contributed by atoms with E-state index in [2.05, 4.69) is 9.71 Å². The molecule has 2 aromatic rings. The number of anilines is 1. The lowest BCUT2D eigenvalue weighted by Crippen LogP contribution is -2.10. The molecular weight excluding hydrogens is 224 g/mol. The fourth-order valence-corrected chi connectivity index (χ4v) is 2.16. The molecule has 0 saturated carbocycles. The van der Waals surface area contributed by atoms with Crippen molar-refractivity contribution in [2.45, 2.75) is 6.92 Å². The van der Waals surface area contributed by atoms with Gasteiger partial charge in [0.2, 0.25) is 10.0 Å². The summed E-state index contributed by atoms with van der Waals surface area (Å²) < 4.78 is 24.9. The van der Waals surface area contributed by atoms with Gasteiger partial charge in [0.1, 0.15) is 0 Å². The average molecular weight is 236 g/mol. The number of hydrogen-bond donors (Lipinski definition) is 1. The molecule has 2 rings (SSSR count). The Morgan fingerprint density at radius 1 is 1.25 bits per heavy atom. The molecule has 0 amide bonds. The van der Waals surface area contributed by atoms with E-state index in [1.54, 1.807) is 6.07 Å². The molecule has 0 spiro atoms. The van der Waals surface area contributed by atoms with Crippen molar-refractivity contribution in [3.05, 3.63) is 36.0 Å². The van der Waals surface area contributed by atoms with E-state index in [0.717, 1.165) is 22.9 Å². The van der Waals surface area contributed by atoms with Crippen LogP contribution in [0.2, 0.25) is 0 Å². The van der Waals surface area contributed by atoms with Gasteiger partial charge in [-0.05, 0) is 19.1 Å². The van der Waals surface area contributed by atoms with Crippen molar-refractivity contribution in [2.24, 2.45) is 0 Å². The van der Waals surface area contributed by atoms with Crippen molar-refractivity contribution < 1.29 is 8.42 Å². The summed E-state index contributed by atoms with van der Waals surface area (Å²) >= 11 is 0. The van der Waals surface area contributed by atoms with Gasteiger partial charge in [-0.25, -0.2) is 8.42 Å². The van der Waals surface area contributed by atoms with Crippen molar-refractivity contribution >= 4 is 26.6 Å². The third kappa shape index (κ3) is 2.30. The third-order valence-corrected chi connectivity index (χ3v) is 2.73. The Hall–Kier alpha value is -1.62. The molecule has 0 aliphatic rings. The first-order chi connectivity index (χ1) is 7.46. The van der Waals surface area contributed by atoms with Gasteiger partial charge in [0.05, 0.1) is 17.5 Å². The summed E-state index contributed by atoms with van der Waals surface area (Å²) in [5.41, 5.74) is 2.14. The number of sulfonamides is 1. The maximum absolute atomic E-state index is 11.2. The molecule has 0 unspecified atom stereocenters. The Balaban J connectivity index is 2.68. The largest absolute Gasteiger partial charge is 0.283 e. The molecule has 1 aromatic heterocycles. The van der Waals surface area contributed by atoms with Gasteiger partial charge in [-0.2, -0.15) is 0 Å². The van der Waals surface area contributed by atoms with Crippen molar-refractivity contribution in [1.82, 2.24) is 4.98 Å². The molecule has 4 nitrogen and oxygen atoms in total. The maximum atomic E-state index is 11.2. The average Bonchev–Trinajstić information content (AvgIpc) is 2.14. The smallest absolute Gasteiger partial charge is 0.229 e. The fraction of sp³-hybridized carbons (Fsp3) is 0.182. The molecule has 0 aliphatic heterocycles. The van der Waals surface area contributed by atoms with Crippen molar-refractivity contribution in [3.63, 3.8) is 0 Å². The molecule has 84 valence electrons. The van der Waals surface area contributed by atoms with E-state index in [4.69, 9.17) is 0 Å². The Labute approximate surface area is 94.4 Å². The second-order valence-corrected chi connectivity index (χ2v) is 5.45. The molecule has 0 atom stereocenters. The molecule has 1 N–H and O–H groups in total.